The van der Waals surface area contributed by atoms with E-state index in [4.69, 9.17) is 9.97 Å². The fourth-order valence-corrected chi connectivity index (χ4v) is 5.15. The number of fused-ring (bicyclic) bond motifs is 2. The van der Waals surface area contributed by atoms with Gasteiger partial charge in [0.25, 0.3) is 0 Å². The highest BCUT2D eigenvalue weighted by Crippen LogP contribution is 2.37. The van der Waals surface area contributed by atoms with Gasteiger partial charge in [0.2, 0.25) is 0 Å². The molecule has 0 bridgehead atoms. The molecular weight excluding hydrogens is 348 g/mol. The van der Waals surface area contributed by atoms with Gasteiger partial charge in [0.15, 0.2) is 5.82 Å². The molecule has 4 aromatic heterocycles. The van der Waals surface area contributed by atoms with E-state index in [1.165, 1.54) is 10.9 Å². The van der Waals surface area contributed by atoms with Crippen molar-refractivity contribution in [3.63, 3.8) is 0 Å². The first-order valence-corrected chi connectivity index (χ1v) is 10.2. The largest absolute Gasteiger partial charge is 0.240 e. The lowest BCUT2D eigenvalue weighted by Gasteiger charge is -2.09. The molecule has 25 heavy (non-hydrogen) atoms. The van der Waals surface area contributed by atoms with Crippen LogP contribution in [0.2, 0.25) is 0 Å². The fraction of sp³-hybridized carbons (Fsp3) is 0.368. The molecule has 4 rings (SSSR count). The minimum absolute atomic E-state index is 0.359. The smallest absolute Gasteiger partial charge is 0.171 e. The number of aromatic nitrogens is 4. The van der Waals surface area contributed by atoms with Crippen molar-refractivity contribution in [3.05, 3.63) is 34.7 Å². The van der Waals surface area contributed by atoms with E-state index in [2.05, 4.69) is 56.0 Å². The van der Waals surface area contributed by atoms with E-state index >= 15 is 0 Å². The summed E-state index contributed by atoms with van der Waals surface area (Å²) in [5.74, 6) is 1.53. The first-order chi connectivity index (χ1) is 12.0. The van der Waals surface area contributed by atoms with E-state index < -0.39 is 0 Å². The third-order valence-electron chi connectivity index (χ3n) is 4.30. The first-order valence-electron chi connectivity index (χ1n) is 8.46. The summed E-state index contributed by atoms with van der Waals surface area (Å²) in [6.45, 7) is 10.8. The Hall–Kier alpha value is -1.92. The summed E-state index contributed by atoms with van der Waals surface area (Å²) in [6.07, 6.45) is 1.65. The lowest BCUT2D eigenvalue weighted by atomic mass is 10.1. The Morgan fingerprint density at radius 2 is 1.72 bits per heavy atom. The number of nitrogens with zero attached hydrogens (tertiary/aromatic N) is 4. The normalized spacial score (nSPS) is 12.1. The number of thiophene rings is 2. The number of hydrogen-bond acceptors (Lipinski definition) is 6. The average molecular weight is 369 g/mol. The third kappa shape index (κ3) is 2.73. The van der Waals surface area contributed by atoms with Gasteiger partial charge in [0.05, 0.1) is 26.5 Å². The Balaban J connectivity index is 1.96. The Kier molecular flexibility index (Phi) is 4.04. The summed E-state index contributed by atoms with van der Waals surface area (Å²) in [6, 6.07) is 2.10. The maximum absolute atomic E-state index is 4.93. The molecule has 0 aromatic carbocycles. The highest BCUT2D eigenvalue weighted by atomic mass is 32.1. The van der Waals surface area contributed by atoms with Crippen LogP contribution in [-0.2, 0) is 0 Å². The van der Waals surface area contributed by atoms with Crippen molar-refractivity contribution >= 4 is 43.1 Å². The Morgan fingerprint density at radius 3 is 2.44 bits per heavy atom. The van der Waals surface area contributed by atoms with Gasteiger partial charge >= 0.3 is 0 Å². The Morgan fingerprint density at radius 1 is 0.960 bits per heavy atom. The molecule has 0 saturated heterocycles. The van der Waals surface area contributed by atoms with E-state index in [0.29, 0.717) is 11.8 Å². The molecule has 6 heteroatoms. The molecule has 4 nitrogen and oxygen atoms in total. The summed E-state index contributed by atoms with van der Waals surface area (Å²) in [5.41, 5.74) is 4.47. The SMILES string of the molecule is Cc1csc2nc(-c3cc4ncnc(C(C)C)c4s3)nc(C(C)C)c12. The van der Waals surface area contributed by atoms with Gasteiger partial charge < -0.3 is 0 Å². The molecule has 0 amide bonds. The van der Waals surface area contributed by atoms with Gasteiger partial charge in [-0.25, -0.2) is 19.9 Å². The molecule has 0 atom stereocenters. The molecule has 128 valence electrons. The Labute approximate surface area is 155 Å². The van der Waals surface area contributed by atoms with Gasteiger partial charge in [0.1, 0.15) is 11.2 Å². The van der Waals surface area contributed by atoms with Crippen LogP contribution >= 0.6 is 22.7 Å². The van der Waals surface area contributed by atoms with Gasteiger partial charge in [-0.3, -0.25) is 0 Å². The lowest BCUT2D eigenvalue weighted by Crippen LogP contribution is -1.98. The number of hydrogen-bond donors (Lipinski definition) is 0. The first kappa shape index (κ1) is 16.5. The number of aryl methyl sites for hydroxylation is 1. The highest BCUT2D eigenvalue weighted by molar-refractivity contribution is 7.22. The zero-order chi connectivity index (χ0) is 17.7. The molecule has 0 aliphatic heterocycles. The molecule has 0 unspecified atom stereocenters. The molecule has 0 fully saturated rings. The molecule has 4 aromatic rings. The van der Waals surface area contributed by atoms with E-state index in [1.54, 1.807) is 29.0 Å². The van der Waals surface area contributed by atoms with Crippen LogP contribution in [0.5, 0.6) is 0 Å². The predicted octanol–water partition coefficient (Wildman–Crippen LogP) is 5.92. The lowest BCUT2D eigenvalue weighted by molar-refractivity contribution is 0.831. The quantitative estimate of drug-likeness (QED) is 0.450. The van der Waals surface area contributed by atoms with Crippen molar-refractivity contribution in [2.75, 3.05) is 0 Å². The van der Waals surface area contributed by atoms with Gasteiger partial charge in [-0.15, -0.1) is 22.7 Å². The topological polar surface area (TPSA) is 51.6 Å². The molecule has 4 heterocycles. The van der Waals surface area contributed by atoms with Crippen molar-refractivity contribution in [2.45, 2.75) is 46.5 Å². The second-order valence-electron chi connectivity index (χ2n) is 6.92. The molecule has 0 aliphatic carbocycles. The standard InChI is InChI=1S/C19H20N4S2/c1-9(2)15-14-11(5)7-24-19(14)23-18(22-15)13-6-12-17(25-13)16(10(3)4)21-8-20-12/h6-10H,1-5H3. The van der Waals surface area contributed by atoms with Crippen LogP contribution in [0, 0.1) is 6.92 Å². The van der Waals surface area contributed by atoms with Gasteiger partial charge in [-0.1, -0.05) is 27.7 Å². The molecule has 0 saturated carbocycles. The van der Waals surface area contributed by atoms with Crippen LogP contribution < -0.4 is 0 Å². The summed E-state index contributed by atoms with van der Waals surface area (Å²) in [5, 5.41) is 3.38. The monoisotopic (exact) mass is 368 g/mol. The van der Waals surface area contributed by atoms with E-state index in [1.807, 2.05) is 0 Å². The third-order valence-corrected chi connectivity index (χ3v) is 6.43. The maximum atomic E-state index is 4.93. The van der Waals surface area contributed by atoms with Crippen molar-refractivity contribution < 1.29 is 0 Å². The van der Waals surface area contributed by atoms with E-state index in [9.17, 15) is 0 Å². The van der Waals surface area contributed by atoms with E-state index in [-0.39, 0.29) is 0 Å². The Bertz CT molecular complexity index is 1080. The zero-order valence-corrected chi connectivity index (χ0v) is 16.6. The van der Waals surface area contributed by atoms with Gasteiger partial charge in [-0.2, -0.15) is 0 Å². The van der Waals surface area contributed by atoms with Crippen LogP contribution in [0.15, 0.2) is 17.8 Å². The second-order valence-corrected chi connectivity index (χ2v) is 8.83. The van der Waals surface area contributed by atoms with Crippen LogP contribution in [0.25, 0.3) is 31.1 Å². The predicted molar refractivity (Wildman–Crippen MR) is 107 cm³/mol. The molecule has 0 spiro atoms. The van der Waals surface area contributed by atoms with Gasteiger partial charge in [-0.05, 0) is 35.8 Å². The summed E-state index contributed by atoms with van der Waals surface area (Å²) in [7, 11) is 0. The summed E-state index contributed by atoms with van der Waals surface area (Å²) < 4.78 is 1.14. The average Bonchev–Trinajstić information content (AvgIpc) is 3.17. The fourth-order valence-electron chi connectivity index (χ4n) is 3.04. The molecular formula is C19H20N4S2. The van der Waals surface area contributed by atoms with Crippen molar-refractivity contribution in [1.29, 1.82) is 0 Å². The molecule has 0 aliphatic rings. The van der Waals surface area contributed by atoms with Crippen LogP contribution in [0.4, 0.5) is 0 Å². The van der Waals surface area contributed by atoms with Crippen LogP contribution in [0.1, 0.15) is 56.5 Å². The maximum Gasteiger partial charge on any atom is 0.171 e. The zero-order valence-electron chi connectivity index (χ0n) is 15.0. The number of rotatable bonds is 3. The molecule has 0 N–H and O–H groups in total. The minimum atomic E-state index is 0.359. The van der Waals surface area contributed by atoms with Crippen LogP contribution in [0.3, 0.4) is 0 Å². The summed E-state index contributed by atoms with van der Waals surface area (Å²) in [4.78, 5) is 20.8. The van der Waals surface area contributed by atoms with E-state index in [0.717, 1.165) is 37.1 Å². The second kappa shape index (κ2) is 6.11. The van der Waals surface area contributed by atoms with Crippen LogP contribution in [-0.4, -0.2) is 19.9 Å². The highest BCUT2D eigenvalue weighted by Gasteiger charge is 2.18. The van der Waals surface area contributed by atoms with Crippen molar-refractivity contribution in [1.82, 2.24) is 19.9 Å². The van der Waals surface area contributed by atoms with Gasteiger partial charge in [0, 0.05) is 5.39 Å². The molecule has 0 radical (unpaired) electrons. The minimum Gasteiger partial charge on any atom is -0.240 e. The van der Waals surface area contributed by atoms with Crippen molar-refractivity contribution in [2.24, 2.45) is 0 Å². The van der Waals surface area contributed by atoms with Crippen molar-refractivity contribution in [3.8, 4) is 10.7 Å². The summed E-state index contributed by atoms with van der Waals surface area (Å²) >= 11 is 3.39.